The zero-order valence-electron chi connectivity index (χ0n) is 10.3. The Morgan fingerprint density at radius 3 is 2.88 bits per heavy atom. The molecule has 0 atom stereocenters. The second kappa shape index (κ2) is 4.96. The van der Waals surface area contributed by atoms with Crippen molar-refractivity contribution >= 4 is 22.9 Å². The maximum Gasteiger partial charge on any atom is 0.226 e. The number of imidazole rings is 1. The first-order valence-electron chi connectivity index (χ1n) is 5.59. The number of fused-ring (bicyclic) bond motifs is 1. The molecular weight excluding hydrogens is 218 g/mol. The van der Waals surface area contributed by atoms with Crippen LogP contribution in [0.25, 0.3) is 11.2 Å². The monoisotopic (exact) mass is 235 g/mol. The van der Waals surface area contributed by atoms with Gasteiger partial charge in [0.05, 0.1) is 6.33 Å². The fraction of sp³-hybridized carbons (Fsp3) is 0.500. The molecule has 0 bridgehead atoms. The number of nitrogens with one attached hydrogen (secondary N) is 3. The van der Waals surface area contributed by atoms with Crippen molar-refractivity contribution in [3.63, 3.8) is 0 Å². The molecule has 2 aromatic rings. The first-order chi connectivity index (χ1) is 8.20. The lowest BCUT2D eigenvalue weighted by molar-refractivity contribution is 0.493. The maximum atomic E-state index is 4.40. The minimum Gasteiger partial charge on any atom is -0.354 e. The summed E-state index contributed by atoms with van der Waals surface area (Å²) in [6.07, 6.45) is 2.64. The summed E-state index contributed by atoms with van der Waals surface area (Å²) < 4.78 is 0. The first-order valence-corrected chi connectivity index (χ1v) is 5.59. The Hall–Kier alpha value is -1.89. The lowest BCUT2D eigenvalue weighted by Gasteiger charge is -2.13. The highest BCUT2D eigenvalue weighted by molar-refractivity contribution is 5.83. The van der Waals surface area contributed by atoms with Gasteiger partial charge in [0, 0.05) is 20.6 Å². The smallest absolute Gasteiger partial charge is 0.226 e. The average Bonchev–Trinajstić information content (AvgIpc) is 2.73. The molecule has 0 fully saturated rings. The van der Waals surface area contributed by atoms with Crippen LogP contribution in [0.2, 0.25) is 0 Å². The molecule has 92 valence electrons. The molecule has 2 rings (SSSR count). The lowest BCUT2D eigenvalue weighted by Crippen LogP contribution is -2.21. The molecule has 0 amide bonds. The second-order valence-corrected chi connectivity index (χ2v) is 3.93. The Kier molecular flexibility index (Phi) is 3.38. The van der Waals surface area contributed by atoms with Crippen LogP contribution in [0.15, 0.2) is 6.33 Å². The van der Waals surface area contributed by atoms with Crippen molar-refractivity contribution in [2.24, 2.45) is 0 Å². The summed E-state index contributed by atoms with van der Waals surface area (Å²) >= 11 is 0. The zero-order chi connectivity index (χ0) is 12.3. The predicted octanol–water partition coefficient (Wildman–Crippen LogP) is 1.06. The molecule has 2 aromatic heterocycles. The summed E-state index contributed by atoms with van der Waals surface area (Å²) in [6.45, 7) is 2.94. The predicted molar refractivity (Wildman–Crippen MR) is 67.8 cm³/mol. The van der Waals surface area contributed by atoms with Crippen LogP contribution in [-0.4, -0.2) is 45.6 Å². The van der Waals surface area contributed by atoms with Gasteiger partial charge >= 0.3 is 0 Å². The van der Waals surface area contributed by atoms with E-state index in [0.717, 1.165) is 24.3 Å². The van der Waals surface area contributed by atoms with Crippen LogP contribution in [0, 0.1) is 0 Å². The topological polar surface area (TPSA) is 81.8 Å². The Labute approximate surface area is 99.6 Å². The van der Waals surface area contributed by atoms with E-state index in [1.165, 1.54) is 0 Å². The average molecular weight is 235 g/mol. The number of anilines is 2. The minimum atomic E-state index is 0.593. The van der Waals surface area contributed by atoms with Crippen LogP contribution in [0.3, 0.4) is 0 Å². The van der Waals surface area contributed by atoms with E-state index in [1.807, 2.05) is 19.1 Å². The van der Waals surface area contributed by atoms with E-state index in [1.54, 1.807) is 6.33 Å². The summed E-state index contributed by atoms with van der Waals surface area (Å²) in [5, 5.41) is 4.98. The number of aromatic amines is 1. The number of rotatable bonds is 5. The quantitative estimate of drug-likeness (QED) is 0.672. The Bertz CT molecular complexity index is 490. The number of aromatic nitrogens is 4. The summed E-state index contributed by atoms with van der Waals surface area (Å²) in [5.74, 6) is 1.31. The third-order valence-electron chi connectivity index (χ3n) is 2.15. The van der Waals surface area contributed by atoms with Crippen LogP contribution in [-0.2, 0) is 0 Å². The van der Waals surface area contributed by atoms with Gasteiger partial charge in [-0.25, -0.2) is 9.99 Å². The van der Waals surface area contributed by atoms with E-state index in [-0.39, 0.29) is 0 Å². The van der Waals surface area contributed by atoms with Crippen molar-refractivity contribution in [2.75, 3.05) is 31.4 Å². The molecule has 0 unspecified atom stereocenters. The molecule has 0 spiro atoms. The van der Waals surface area contributed by atoms with E-state index in [4.69, 9.17) is 0 Å². The van der Waals surface area contributed by atoms with Crippen molar-refractivity contribution in [1.82, 2.24) is 24.9 Å². The van der Waals surface area contributed by atoms with E-state index in [2.05, 4.69) is 37.6 Å². The molecule has 0 saturated heterocycles. The van der Waals surface area contributed by atoms with Gasteiger partial charge in [-0.3, -0.25) is 0 Å². The largest absolute Gasteiger partial charge is 0.354 e. The van der Waals surface area contributed by atoms with E-state index < -0.39 is 0 Å². The Morgan fingerprint density at radius 2 is 2.18 bits per heavy atom. The van der Waals surface area contributed by atoms with Crippen molar-refractivity contribution in [2.45, 2.75) is 13.3 Å². The number of hydrogen-bond acceptors (Lipinski definition) is 6. The maximum absolute atomic E-state index is 4.40. The van der Waals surface area contributed by atoms with Crippen molar-refractivity contribution in [1.29, 1.82) is 0 Å². The number of hydrogen-bond donors (Lipinski definition) is 3. The van der Waals surface area contributed by atoms with Crippen LogP contribution >= 0.6 is 0 Å². The van der Waals surface area contributed by atoms with Crippen LogP contribution in [0.1, 0.15) is 13.3 Å². The van der Waals surface area contributed by atoms with Gasteiger partial charge in [0.25, 0.3) is 0 Å². The summed E-state index contributed by atoms with van der Waals surface area (Å²) in [6, 6.07) is 0. The van der Waals surface area contributed by atoms with Gasteiger partial charge in [-0.1, -0.05) is 6.92 Å². The molecule has 0 aliphatic carbocycles. The zero-order valence-corrected chi connectivity index (χ0v) is 10.3. The molecule has 0 aliphatic heterocycles. The van der Waals surface area contributed by atoms with Gasteiger partial charge in [-0.05, 0) is 6.42 Å². The molecule has 7 heteroatoms. The third-order valence-corrected chi connectivity index (χ3v) is 2.15. The highest BCUT2D eigenvalue weighted by Gasteiger charge is 2.09. The van der Waals surface area contributed by atoms with Crippen LogP contribution in [0.5, 0.6) is 0 Å². The minimum absolute atomic E-state index is 0.593. The summed E-state index contributed by atoms with van der Waals surface area (Å²) in [4.78, 5) is 15.9. The number of nitrogens with zero attached hydrogens (tertiary/aromatic N) is 4. The van der Waals surface area contributed by atoms with Gasteiger partial charge in [0.1, 0.15) is 5.52 Å². The molecule has 0 aromatic carbocycles. The normalized spacial score (nSPS) is 11.1. The van der Waals surface area contributed by atoms with Gasteiger partial charge in [-0.15, -0.1) is 0 Å². The molecule has 2 heterocycles. The molecular formula is C10H17N7. The van der Waals surface area contributed by atoms with Gasteiger partial charge in [0.2, 0.25) is 5.95 Å². The van der Waals surface area contributed by atoms with Crippen molar-refractivity contribution in [3.05, 3.63) is 6.33 Å². The fourth-order valence-electron chi connectivity index (χ4n) is 1.44. The van der Waals surface area contributed by atoms with E-state index in [0.29, 0.717) is 11.6 Å². The molecule has 0 radical (unpaired) electrons. The van der Waals surface area contributed by atoms with Gasteiger partial charge in [-0.2, -0.15) is 9.97 Å². The highest BCUT2D eigenvalue weighted by Crippen LogP contribution is 2.18. The van der Waals surface area contributed by atoms with Gasteiger partial charge < -0.3 is 15.7 Å². The molecule has 0 saturated carbocycles. The van der Waals surface area contributed by atoms with Crippen LogP contribution < -0.4 is 10.7 Å². The van der Waals surface area contributed by atoms with E-state index in [9.17, 15) is 0 Å². The Balaban J connectivity index is 2.36. The number of hydrazine groups is 1. The number of H-pyrrole nitrogens is 1. The second-order valence-electron chi connectivity index (χ2n) is 3.93. The standard InChI is InChI=1S/C10H17N7/c1-4-5-11-10-14-8-7(12-6-13-8)9(15-10)16-17(2)3/h6H,4-5H2,1-3H3,(H3,11,12,13,14,15,16). The van der Waals surface area contributed by atoms with Crippen LogP contribution in [0.4, 0.5) is 11.8 Å². The Morgan fingerprint density at radius 1 is 1.35 bits per heavy atom. The summed E-state index contributed by atoms with van der Waals surface area (Å²) in [5.41, 5.74) is 4.58. The lowest BCUT2D eigenvalue weighted by atomic mass is 10.5. The summed E-state index contributed by atoms with van der Waals surface area (Å²) in [7, 11) is 3.81. The molecule has 17 heavy (non-hydrogen) atoms. The fourth-order valence-corrected chi connectivity index (χ4v) is 1.44. The molecule has 7 nitrogen and oxygen atoms in total. The highest BCUT2D eigenvalue weighted by atomic mass is 15.5. The molecule has 0 aliphatic rings. The SMILES string of the molecule is CCCNc1nc(NN(C)C)c2[nH]cnc2n1. The first kappa shape index (κ1) is 11.6. The van der Waals surface area contributed by atoms with Crippen molar-refractivity contribution in [3.8, 4) is 0 Å². The van der Waals surface area contributed by atoms with Crippen molar-refractivity contribution < 1.29 is 0 Å². The third kappa shape index (κ3) is 2.62. The molecule has 3 N–H and O–H groups in total. The van der Waals surface area contributed by atoms with E-state index >= 15 is 0 Å². The van der Waals surface area contributed by atoms with Gasteiger partial charge in [0.15, 0.2) is 11.5 Å².